The van der Waals surface area contributed by atoms with E-state index in [-0.39, 0.29) is 11.8 Å². The highest BCUT2D eigenvalue weighted by Crippen LogP contribution is 2.35. The number of aliphatic hydroxyl groups is 1. The molecule has 2 N–H and O–H groups in total. The first kappa shape index (κ1) is 27.6. The van der Waals surface area contributed by atoms with E-state index in [0.29, 0.717) is 61.5 Å². The Kier molecular flexibility index (Phi) is 9.60. The molecule has 9 heteroatoms. The number of amides is 2. The molecule has 0 unspecified atom stereocenters. The van der Waals surface area contributed by atoms with Crippen LogP contribution in [0.1, 0.15) is 49.8 Å². The van der Waals surface area contributed by atoms with Crippen molar-refractivity contribution in [3.8, 4) is 0 Å². The van der Waals surface area contributed by atoms with E-state index in [2.05, 4.69) is 10.3 Å². The van der Waals surface area contributed by atoms with E-state index in [1.165, 1.54) is 6.08 Å². The molecule has 2 amide bonds. The summed E-state index contributed by atoms with van der Waals surface area (Å²) in [5.74, 6) is -0.0350. The van der Waals surface area contributed by atoms with Gasteiger partial charge in [0.05, 0.1) is 15.7 Å². The predicted molar refractivity (Wildman–Crippen MR) is 146 cm³/mol. The molecule has 0 radical (unpaired) electrons. The van der Waals surface area contributed by atoms with Gasteiger partial charge in [0.15, 0.2) is 0 Å². The lowest BCUT2D eigenvalue weighted by Crippen LogP contribution is -2.41. The standard InChI is InChI=1S/C28H34Cl2N4O3/c29-23-7-5-21(20-24(23)30)6-8-26(35)34-17-11-27(36)33(18-19-34)16-3-15-31-22-9-12-28(37,13-10-22)25-4-1-2-14-32-25/h1-2,4-8,14,20,22,31,37H,3,9-13,15-19H2. The van der Waals surface area contributed by atoms with Gasteiger partial charge < -0.3 is 20.2 Å². The second kappa shape index (κ2) is 12.9. The van der Waals surface area contributed by atoms with Crippen LogP contribution < -0.4 is 5.32 Å². The molecule has 0 bridgehead atoms. The van der Waals surface area contributed by atoms with E-state index in [1.807, 2.05) is 23.1 Å². The Bertz CT molecular complexity index is 1100. The van der Waals surface area contributed by atoms with E-state index in [0.717, 1.165) is 37.1 Å². The van der Waals surface area contributed by atoms with Crippen LogP contribution in [-0.2, 0) is 15.2 Å². The zero-order valence-corrected chi connectivity index (χ0v) is 22.4. The van der Waals surface area contributed by atoms with Crippen LogP contribution in [0.3, 0.4) is 0 Å². The molecule has 1 aromatic carbocycles. The van der Waals surface area contributed by atoms with Crippen LogP contribution in [0, 0.1) is 0 Å². The van der Waals surface area contributed by atoms with Crippen molar-refractivity contribution in [2.45, 2.75) is 50.2 Å². The van der Waals surface area contributed by atoms with Gasteiger partial charge in [0, 0.05) is 50.9 Å². The molecule has 0 atom stereocenters. The highest BCUT2D eigenvalue weighted by Gasteiger charge is 2.35. The van der Waals surface area contributed by atoms with Crippen LogP contribution in [0.15, 0.2) is 48.7 Å². The number of halogens is 2. The topological polar surface area (TPSA) is 85.8 Å². The highest BCUT2D eigenvalue weighted by molar-refractivity contribution is 6.42. The number of rotatable bonds is 8. The molecule has 0 spiro atoms. The first-order chi connectivity index (χ1) is 17.8. The fourth-order valence-corrected chi connectivity index (χ4v) is 5.29. The minimum Gasteiger partial charge on any atom is -0.384 e. The average molecular weight is 546 g/mol. The number of benzene rings is 1. The molecule has 7 nitrogen and oxygen atoms in total. The van der Waals surface area contributed by atoms with E-state index in [1.54, 1.807) is 35.4 Å². The van der Waals surface area contributed by atoms with Crippen LogP contribution in [0.25, 0.3) is 6.08 Å². The Morgan fingerprint density at radius 2 is 1.95 bits per heavy atom. The van der Waals surface area contributed by atoms with Gasteiger partial charge in [-0.1, -0.05) is 35.3 Å². The monoisotopic (exact) mass is 544 g/mol. The van der Waals surface area contributed by atoms with Gasteiger partial charge in [-0.3, -0.25) is 14.6 Å². The summed E-state index contributed by atoms with van der Waals surface area (Å²) < 4.78 is 0. The summed E-state index contributed by atoms with van der Waals surface area (Å²) in [5.41, 5.74) is 0.714. The summed E-state index contributed by atoms with van der Waals surface area (Å²) in [6, 6.07) is 11.2. The number of pyridine rings is 1. The third kappa shape index (κ3) is 7.54. The lowest BCUT2D eigenvalue weighted by atomic mass is 9.80. The normalized spacial score (nSPS) is 22.9. The lowest BCUT2D eigenvalue weighted by molar-refractivity contribution is -0.130. The van der Waals surface area contributed by atoms with Gasteiger partial charge in [-0.25, -0.2) is 0 Å². The minimum atomic E-state index is -0.835. The van der Waals surface area contributed by atoms with E-state index >= 15 is 0 Å². The van der Waals surface area contributed by atoms with Crippen molar-refractivity contribution in [2.75, 3.05) is 32.7 Å². The summed E-state index contributed by atoms with van der Waals surface area (Å²) in [6.45, 7) is 2.94. The molecule has 2 aromatic rings. The van der Waals surface area contributed by atoms with Crippen molar-refractivity contribution in [1.29, 1.82) is 0 Å². The van der Waals surface area contributed by atoms with E-state index < -0.39 is 5.60 Å². The SMILES string of the molecule is O=C(C=Cc1ccc(Cl)c(Cl)c1)N1CCC(=O)N(CCCNC2CCC(O)(c3ccccn3)CC2)CC1. The number of hydrogen-bond donors (Lipinski definition) is 2. The van der Waals surface area contributed by atoms with Crippen molar-refractivity contribution in [1.82, 2.24) is 20.1 Å². The molecular formula is C28H34Cl2N4O3. The summed E-state index contributed by atoms with van der Waals surface area (Å²) in [6.07, 6.45) is 9.29. The van der Waals surface area contributed by atoms with Gasteiger partial charge >= 0.3 is 0 Å². The summed E-state index contributed by atoms with van der Waals surface area (Å²) in [4.78, 5) is 33.2. The average Bonchev–Trinajstić information content (AvgIpc) is 3.10. The molecule has 1 saturated heterocycles. The van der Waals surface area contributed by atoms with Gasteiger partial charge in [0.25, 0.3) is 0 Å². The number of nitrogens with zero attached hydrogens (tertiary/aromatic N) is 3. The molecule has 1 aliphatic carbocycles. The smallest absolute Gasteiger partial charge is 0.246 e. The molecule has 2 heterocycles. The van der Waals surface area contributed by atoms with E-state index in [9.17, 15) is 14.7 Å². The summed E-state index contributed by atoms with van der Waals surface area (Å²) in [7, 11) is 0. The number of carbonyl (C=O) groups is 2. The number of aromatic nitrogens is 1. The van der Waals surface area contributed by atoms with Gasteiger partial charge in [0.1, 0.15) is 5.60 Å². The second-order valence-corrected chi connectivity index (χ2v) is 10.6. The molecule has 4 rings (SSSR count). The highest BCUT2D eigenvalue weighted by atomic mass is 35.5. The van der Waals surface area contributed by atoms with E-state index in [4.69, 9.17) is 23.2 Å². The van der Waals surface area contributed by atoms with Crippen molar-refractivity contribution in [3.05, 3.63) is 70.0 Å². The van der Waals surface area contributed by atoms with Crippen LogP contribution in [0.4, 0.5) is 0 Å². The number of nitrogens with one attached hydrogen (secondary N) is 1. The minimum absolute atomic E-state index is 0.0851. The maximum Gasteiger partial charge on any atom is 0.246 e. The number of carbonyl (C=O) groups excluding carboxylic acids is 2. The van der Waals surface area contributed by atoms with Gasteiger partial charge in [0.2, 0.25) is 11.8 Å². The predicted octanol–water partition coefficient (Wildman–Crippen LogP) is 4.27. The Balaban J connectivity index is 1.17. The molecule has 2 aliphatic rings. The van der Waals surface area contributed by atoms with Crippen LogP contribution in [0.2, 0.25) is 10.0 Å². The van der Waals surface area contributed by atoms with Crippen molar-refractivity contribution in [2.24, 2.45) is 0 Å². The quantitative estimate of drug-likeness (QED) is 0.382. The van der Waals surface area contributed by atoms with Crippen LogP contribution in [-0.4, -0.2) is 70.5 Å². The first-order valence-corrected chi connectivity index (χ1v) is 13.7. The summed E-state index contributed by atoms with van der Waals surface area (Å²) in [5, 5.41) is 15.5. The summed E-state index contributed by atoms with van der Waals surface area (Å²) >= 11 is 12.0. The van der Waals surface area contributed by atoms with Crippen molar-refractivity contribution < 1.29 is 14.7 Å². The third-order valence-corrected chi connectivity index (χ3v) is 7.99. The van der Waals surface area contributed by atoms with Crippen LogP contribution in [0.5, 0.6) is 0 Å². The number of hydrogen-bond acceptors (Lipinski definition) is 5. The maximum atomic E-state index is 12.7. The Morgan fingerprint density at radius 1 is 1.14 bits per heavy atom. The fourth-order valence-electron chi connectivity index (χ4n) is 4.98. The second-order valence-electron chi connectivity index (χ2n) is 9.79. The zero-order valence-electron chi connectivity index (χ0n) is 20.9. The Labute approximate surface area is 228 Å². The zero-order chi connectivity index (χ0) is 26.3. The molecule has 198 valence electrons. The molecule has 1 aromatic heterocycles. The first-order valence-electron chi connectivity index (χ1n) is 12.9. The molecule has 37 heavy (non-hydrogen) atoms. The fraction of sp³-hybridized carbons (Fsp3) is 0.464. The van der Waals surface area contributed by atoms with Gasteiger partial charge in [-0.15, -0.1) is 0 Å². The molecule has 1 saturated carbocycles. The molecule has 2 fully saturated rings. The van der Waals surface area contributed by atoms with Crippen molar-refractivity contribution in [3.63, 3.8) is 0 Å². The van der Waals surface area contributed by atoms with Crippen LogP contribution >= 0.6 is 23.2 Å². The Hall–Kier alpha value is -2.45. The van der Waals surface area contributed by atoms with Gasteiger partial charge in [-0.2, -0.15) is 0 Å². The largest absolute Gasteiger partial charge is 0.384 e. The molecule has 1 aliphatic heterocycles. The third-order valence-electron chi connectivity index (χ3n) is 7.25. The van der Waals surface area contributed by atoms with Gasteiger partial charge in [-0.05, 0) is 74.6 Å². The maximum absolute atomic E-state index is 12.7. The lowest BCUT2D eigenvalue weighted by Gasteiger charge is -2.36. The van der Waals surface area contributed by atoms with Crippen molar-refractivity contribution >= 4 is 41.1 Å². The Morgan fingerprint density at radius 3 is 2.68 bits per heavy atom. The molecular weight excluding hydrogens is 511 g/mol.